The zero-order valence-electron chi connectivity index (χ0n) is 16.2. The molecule has 5 aromatic rings. The number of hydrogen-bond acceptors (Lipinski definition) is 5. The smallest absolute Gasteiger partial charge is 0.214 e. The highest BCUT2D eigenvalue weighted by atomic mass is 32.2. The highest BCUT2D eigenvalue weighted by Crippen LogP contribution is 2.32. The third-order valence-corrected chi connectivity index (χ3v) is 5.79. The lowest BCUT2D eigenvalue weighted by Crippen LogP contribution is -2.06. The van der Waals surface area contributed by atoms with Crippen LogP contribution in [-0.2, 0) is 0 Å². The molecule has 0 saturated carbocycles. The monoisotopic (exact) mass is 429 g/mol. The number of ketones is 1. The van der Waals surface area contributed by atoms with Crippen LogP contribution in [0.25, 0.3) is 27.8 Å². The minimum atomic E-state index is -0.383. The number of nitrogens with one attached hydrogen (secondary N) is 1. The normalized spacial score (nSPS) is 11.1. The van der Waals surface area contributed by atoms with E-state index in [1.165, 1.54) is 28.6 Å². The lowest BCUT2D eigenvalue weighted by molar-refractivity contribution is 0.102. The third-order valence-electron chi connectivity index (χ3n) is 4.87. The zero-order chi connectivity index (χ0) is 21.2. The van der Waals surface area contributed by atoms with Crippen molar-refractivity contribution in [1.29, 1.82) is 0 Å². The van der Waals surface area contributed by atoms with Crippen LogP contribution < -0.4 is 0 Å². The van der Waals surface area contributed by atoms with Crippen molar-refractivity contribution >= 4 is 28.4 Å². The van der Waals surface area contributed by atoms with Crippen LogP contribution in [0.3, 0.4) is 0 Å². The molecular weight excluding hydrogens is 413 g/mol. The van der Waals surface area contributed by atoms with Gasteiger partial charge >= 0.3 is 0 Å². The number of Topliss-reactive ketones (excluding diaryl/α,β-unsaturated/α-hetero) is 1. The quantitative estimate of drug-likeness (QED) is 0.306. The Morgan fingerprint density at radius 2 is 1.81 bits per heavy atom. The van der Waals surface area contributed by atoms with E-state index >= 15 is 0 Å². The van der Waals surface area contributed by atoms with Gasteiger partial charge in [-0.1, -0.05) is 66.4 Å². The Kier molecular flexibility index (Phi) is 5.05. The molecule has 0 spiro atoms. The number of hydrogen-bond donors (Lipinski definition) is 1. The van der Waals surface area contributed by atoms with E-state index in [1.807, 2.05) is 54.6 Å². The van der Waals surface area contributed by atoms with Gasteiger partial charge in [0.15, 0.2) is 5.78 Å². The van der Waals surface area contributed by atoms with Crippen LogP contribution in [0.1, 0.15) is 10.4 Å². The molecule has 0 amide bonds. The molecule has 0 aliphatic carbocycles. The standard InChI is InChI=1S/C23H16FN5OS/c24-16-9-6-10-17(13-16)29-23(26-27-28-29)31-14-20(30)21-18-11-4-5-12-19(18)25-22(21)15-7-2-1-3-8-15/h1-13,25H,14H2. The van der Waals surface area contributed by atoms with E-state index in [2.05, 4.69) is 20.5 Å². The van der Waals surface area contributed by atoms with Gasteiger partial charge in [0.05, 0.1) is 22.7 Å². The second-order valence-corrected chi connectivity index (χ2v) is 7.79. The first-order chi connectivity index (χ1) is 15.2. The number of fused-ring (bicyclic) bond motifs is 1. The molecule has 0 atom stereocenters. The highest BCUT2D eigenvalue weighted by molar-refractivity contribution is 7.99. The van der Waals surface area contributed by atoms with Crippen molar-refractivity contribution in [2.45, 2.75) is 5.16 Å². The SMILES string of the molecule is O=C(CSc1nnnn1-c1cccc(F)c1)c1c(-c2ccccc2)[nH]c2ccccc12. The number of H-pyrrole nitrogens is 1. The number of aromatic nitrogens is 5. The Bertz CT molecular complexity index is 1380. The van der Waals surface area contributed by atoms with Crippen molar-refractivity contribution in [2.75, 3.05) is 5.75 Å². The summed E-state index contributed by atoms with van der Waals surface area (Å²) in [5.74, 6) is -0.293. The number of aromatic amines is 1. The summed E-state index contributed by atoms with van der Waals surface area (Å²) in [5, 5.41) is 12.9. The van der Waals surface area contributed by atoms with Crippen LogP contribution in [0.4, 0.5) is 4.39 Å². The predicted octanol–water partition coefficient (Wildman–Crippen LogP) is 4.92. The van der Waals surface area contributed by atoms with E-state index in [0.29, 0.717) is 16.4 Å². The highest BCUT2D eigenvalue weighted by Gasteiger charge is 2.21. The Morgan fingerprint density at radius 1 is 1.00 bits per heavy atom. The number of nitrogens with zero attached hydrogens (tertiary/aromatic N) is 4. The van der Waals surface area contributed by atoms with Crippen molar-refractivity contribution in [1.82, 2.24) is 25.2 Å². The van der Waals surface area contributed by atoms with E-state index in [4.69, 9.17) is 0 Å². The lowest BCUT2D eigenvalue weighted by Gasteiger charge is -2.06. The first-order valence-corrected chi connectivity index (χ1v) is 10.6. The van der Waals surface area contributed by atoms with E-state index < -0.39 is 0 Å². The second kappa shape index (κ2) is 8.16. The fourth-order valence-electron chi connectivity index (χ4n) is 3.49. The molecule has 8 heteroatoms. The summed E-state index contributed by atoms with van der Waals surface area (Å²) in [5.41, 5.74) is 3.77. The van der Waals surface area contributed by atoms with Crippen LogP contribution in [0.5, 0.6) is 0 Å². The molecule has 6 nitrogen and oxygen atoms in total. The number of carbonyl (C=O) groups is 1. The molecule has 2 heterocycles. The Labute approximate surface area is 181 Å². The van der Waals surface area contributed by atoms with Gasteiger partial charge in [0, 0.05) is 10.9 Å². The zero-order valence-corrected chi connectivity index (χ0v) is 17.0. The van der Waals surface area contributed by atoms with Crippen LogP contribution in [0.2, 0.25) is 0 Å². The van der Waals surface area contributed by atoms with Gasteiger partial charge < -0.3 is 4.98 Å². The maximum Gasteiger partial charge on any atom is 0.214 e. The van der Waals surface area contributed by atoms with Crippen molar-refractivity contribution in [3.05, 3.63) is 90.2 Å². The number of carbonyl (C=O) groups excluding carboxylic acids is 1. The number of thioether (sulfide) groups is 1. The van der Waals surface area contributed by atoms with Crippen molar-refractivity contribution in [3.63, 3.8) is 0 Å². The molecule has 0 aliphatic heterocycles. The van der Waals surface area contributed by atoms with Gasteiger partial charge in [0.1, 0.15) is 5.82 Å². The topological polar surface area (TPSA) is 76.5 Å². The predicted molar refractivity (Wildman–Crippen MR) is 118 cm³/mol. The number of tetrazole rings is 1. The molecule has 2 aromatic heterocycles. The minimum Gasteiger partial charge on any atom is -0.354 e. The fourth-order valence-corrected chi connectivity index (χ4v) is 4.26. The Balaban J connectivity index is 1.47. The summed E-state index contributed by atoms with van der Waals surface area (Å²) >= 11 is 1.21. The van der Waals surface area contributed by atoms with Gasteiger partial charge in [-0.15, -0.1) is 5.10 Å². The van der Waals surface area contributed by atoms with Crippen LogP contribution in [0, 0.1) is 5.82 Å². The van der Waals surface area contributed by atoms with Crippen LogP contribution >= 0.6 is 11.8 Å². The Hall–Kier alpha value is -3.78. The number of para-hydroxylation sites is 1. The van der Waals surface area contributed by atoms with Gasteiger partial charge in [0.2, 0.25) is 5.16 Å². The fraction of sp³-hybridized carbons (Fsp3) is 0.0435. The molecule has 0 radical (unpaired) electrons. The molecule has 0 fully saturated rings. The number of benzene rings is 3. The summed E-state index contributed by atoms with van der Waals surface area (Å²) < 4.78 is 15.0. The van der Waals surface area contributed by atoms with E-state index in [1.54, 1.807) is 12.1 Å². The summed E-state index contributed by atoms with van der Waals surface area (Å²) in [6.07, 6.45) is 0. The largest absolute Gasteiger partial charge is 0.354 e. The molecule has 0 bridgehead atoms. The molecule has 0 unspecified atom stereocenters. The summed E-state index contributed by atoms with van der Waals surface area (Å²) in [6, 6.07) is 23.5. The maximum absolute atomic E-state index is 13.6. The Morgan fingerprint density at radius 3 is 2.65 bits per heavy atom. The first kappa shape index (κ1) is 19.2. The van der Waals surface area contributed by atoms with Gasteiger partial charge in [0.25, 0.3) is 0 Å². The minimum absolute atomic E-state index is 0.0462. The van der Waals surface area contributed by atoms with Crippen molar-refractivity contribution in [3.8, 4) is 16.9 Å². The maximum atomic E-state index is 13.6. The molecule has 5 rings (SSSR count). The summed E-state index contributed by atoms with van der Waals surface area (Å²) in [7, 11) is 0. The molecule has 0 saturated heterocycles. The van der Waals surface area contributed by atoms with Gasteiger partial charge in [-0.25, -0.2) is 4.39 Å². The summed E-state index contributed by atoms with van der Waals surface area (Å²) in [6.45, 7) is 0. The molecular formula is C23H16FN5OS. The van der Waals surface area contributed by atoms with Gasteiger partial charge in [-0.2, -0.15) is 4.68 Å². The van der Waals surface area contributed by atoms with Crippen molar-refractivity contribution in [2.24, 2.45) is 0 Å². The van der Waals surface area contributed by atoms with Gasteiger partial charge in [-0.3, -0.25) is 4.79 Å². The average molecular weight is 429 g/mol. The number of halogens is 1. The van der Waals surface area contributed by atoms with Gasteiger partial charge in [-0.05, 0) is 40.3 Å². The second-order valence-electron chi connectivity index (χ2n) is 6.85. The van der Waals surface area contributed by atoms with Crippen molar-refractivity contribution < 1.29 is 9.18 Å². The molecule has 31 heavy (non-hydrogen) atoms. The van der Waals surface area contributed by atoms with E-state index in [-0.39, 0.29) is 17.4 Å². The lowest BCUT2D eigenvalue weighted by atomic mass is 10.0. The first-order valence-electron chi connectivity index (χ1n) is 9.57. The van der Waals surface area contributed by atoms with E-state index in [9.17, 15) is 9.18 Å². The van der Waals surface area contributed by atoms with Crippen LogP contribution in [0.15, 0.2) is 84.0 Å². The average Bonchev–Trinajstić information content (AvgIpc) is 3.43. The third kappa shape index (κ3) is 3.73. The molecule has 152 valence electrons. The molecule has 3 aromatic carbocycles. The molecule has 1 N–H and O–H groups in total. The molecule has 0 aliphatic rings. The summed E-state index contributed by atoms with van der Waals surface area (Å²) in [4.78, 5) is 16.7. The van der Waals surface area contributed by atoms with Crippen LogP contribution in [-0.4, -0.2) is 36.7 Å². The number of rotatable bonds is 6. The van der Waals surface area contributed by atoms with E-state index in [0.717, 1.165) is 22.2 Å².